The van der Waals surface area contributed by atoms with Crippen molar-refractivity contribution in [2.45, 2.75) is 18.6 Å². The third-order valence-corrected chi connectivity index (χ3v) is 4.01. The largest absolute Gasteiger partial charge is 0.416 e. The van der Waals surface area contributed by atoms with Crippen LogP contribution in [-0.2, 0) is 12.7 Å². The van der Waals surface area contributed by atoms with Crippen molar-refractivity contribution in [1.29, 1.82) is 0 Å². The smallest absolute Gasteiger partial charge is 0.301 e. The molecule has 0 fully saturated rings. The number of fused-ring (bicyclic) bond motifs is 1. The summed E-state index contributed by atoms with van der Waals surface area (Å²) in [5, 5.41) is 0. The van der Waals surface area contributed by atoms with E-state index in [1.165, 1.54) is 23.3 Å². The number of alkyl halides is 3. The van der Waals surface area contributed by atoms with Gasteiger partial charge in [0.25, 0.3) is 0 Å². The van der Waals surface area contributed by atoms with Gasteiger partial charge in [-0.3, -0.25) is 0 Å². The van der Waals surface area contributed by atoms with Crippen LogP contribution in [0, 0.1) is 0 Å². The second kappa shape index (κ2) is 5.19. The fourth-order valence-electron chi connectivity index (χ4n) is 2.97. The normalized spacial score (nSPS) is 19.3. The highest BCUT2D eigenvalue weighted by molar-refractivity contribution is 5.41. The van der Waals surface area contributed by atoms with Gasteiger partial charge in [0.15, 0.2) is 0 Å². The van der Waals surface area contributed by atoms with E-state index in [2.05, 4.69) is 17.0 Å². The highest BCUT2D eigenvalue weighted by Gasteiger charge is 2.31. The van der Waals surface area contributed by atoms with Gasteiger partial charge in [0.1, 0.15) is 0 Å². The maximum atomic E-state index is 12.7. The van der Waals surface area contributed by atoms with Gasteiger partial charge >= 0.3 is 6.18 Å². The third-order valence-electron chi connectivity index (χ3n) is 4.01. The first-order valence-corrected chi connectivity index (χ1v) is 6.88. The molecule has 3 rings (SSSR count). The predicted octanol–water partition coefficient (Wildman–Crippen LogP) is 4.28. The lowest BCUT2D eigenvalue weighted by Gasteiger charge is -2.32. The molecule has 1 nitrogen and oxygen atoms in total. The van der Waals surface area contributed by atoms with E-state index in [-0.39, 0.29) is 5.92 Å². The van der Waals surface area contributed by atoms with Crippen LogP contribution in [0.4, 0.5) is 13.2 Å². The Bertz CT molecular complexity index is 631. The number of hydrogen-bond acceptors (Lipinski definition) is 1. The standard InChI is InChI=1S/C17H16F3N/c1-21-10-13-4-2-3-5-15(13)16(11-21)12-6-8-14(9-7-12)17(18,19)20/h2-9,16H,10-11H2,1H3. The highest BCUT2D eigenvalue weighted by atomic mass is 19.4. The minimum atomic E-state index is -4.28. The Kier molecular flexibility index (Phi) is 3.49. The van der Waals surface area contributed by atoms with E-state index >= 15 is 0 Å². The molecule has 0 aliphatic carbocycles. The van der Waals surface area contributed by atoms with Crippen molar-refractivity contribution in [2.75, 3.05) is 13.6 Å². The summed E-state index contributed by atoms with van der Waals surface area (Å²) in [4.78, 5) is 2.20. The topological polar surface area (TPSA) is 3.24 Å². The van der Waals surface area contributed by atoms with Gasteiger partial charge in [-0.25, -0.2) is 0 Å². The van der Waals surface area contributed by atoms with Crippen molar-refractivity contribution >= 4 is 0 Å². The molecule has 2 aromatic rings. The lowest BCUT2D eigenvalue weighted by Crippen LogP contribution is -2.30. The number of rotatable bonds is 1. The maximum absolute atomic E-state index is 12.7. The highest BCUT2D eigenvalue weighted by Crippen LogP contribution is 2.35. The summed E-state index contributed by atoms with van der Waals surface area (Å²) in [6, 6.07) is 13.7. The van der Waals surface area contributed by atoms with Crippen LogP contribution in [0.25, 0.3) is 0 Å². The van der Waals surface area contributed by atoms with Crippen molar-refractivity contribution in [3.63, 3.8) is 0 Å². The zero-order chi connectivity index (χ0) is 15.0. The SMILES string of the molecule is CN1Cc2ccccc2C(c2ccc(C(F)(F)F)cc2)C1. The molecule has 0 saturated heterocycles. The van der Waals surface area contributed by atoms with Crippen molar-refractivity contribution in [3.05, 3.63) is 70.8 Å². The van der Waals surface area contributed by atoms with Crippen molar-refractivity contribution < 1.29 is 13.2 Å². The molecule has 1 heterocycles. The van der Waals surface area contributed by atoms with Crippen molar-refractivity contribution in [3.8, 4) is 0 Å². The van der Waals surface area contributed by atoms with Gasteiger partial charge in [-0.1, -0.05) is 36.4 Å². The van der Waals surface area contributed by atoms with Gasteiger partial charge in [0, 0.05) is 19.0 Å². The second-order valence-electron chi connectivity index (χ2n) is 5.57. The van der Waals surface area contributed by atoms with Crippen molar-refractivity contribution in [2.24, 2.45) is 0 Å². The molecule has 0 N–H and O–H groups in total. The van der Waals surface area contributed by atoms with E-state index in [0.717, 1.165) is 18.7 Å². The molecule has 2 aromatic carbocycles. The number of likely N-dealkylation sites (N-methyl/N-ethyl adjacent to an activating group) is 1. The quantitative estimate of drug-likeness (QED) is 0.758. The molecule has 0 saturated carbocycles. The third kappa shape index (κ3) is 2.81. The van der Waals surface area contributed by atoms with Gasteiger partial charge in [-0.15, -0.1) is 0 Å². The fraction of sp³-hybridized carbons (Fsp3) is 0.294. The lowest BCUT2D eigenvalue weighted by molar-refractivity contribution is -0.137. The fourth-order valence-corrected chi connectivity index (χ4v) is 2.97. The number of nitrogens with zero attached hydrogens (tertiary/aromatic N) is 1. The van der Waals surface area contributed by atoms with Gasteiger partial charge < -0.3 is 4.90 Å². The average Bonchev–Trinajstić information content (AvgIpc) is 2.45. The molecule has 0 radical (unpaired) electrons. The molecule has 0 aromatic heterocycles. The molecule has 1 atom stereocenters. The Hall–Kier alpha value is -1.81. The summed E-state index contributed by atoms with van der Waals surface area (Å²) >= 11 is 0. The summed E-state index contributed by atoms with van der Waals surface area (Å²) in [6.07, 6.45) is -4.28. The Morgan fingerprint density at radius 1 is 1.00 bits per heavy atom. The van der Waals surface area contributed by atoms with Crippen LogP contribution >= 0.6 is 0 Å². The number of halogens is 3. The first-order valence-electron chi connectivity index (χ1n) is 6.88. The summed E-state index contributed by atoms with van der Waals surface area (Å²) in [6.45, 7) is 1.70. The Morgan fingerprint density at radius 2 is 1.67 bits per heavy atom. The molecular formula is C17H16F3N. The van der Waals surface area contributed by atoms with Crippen LogP contribution in [0.2, 0.25) is 0 Å². The molecule has 1 aliphatic heterocycles. The minimum Gasteiger partial charge on any atom is -0.301 e. The van der Waals surface area contributed by atoms with Crippen LogP contribution in [0.5, 0.6) is 0 Å². The molecule has 4 heteroatoms. The molecule has 1 aliphatic rings. The van der Waals surface area contributed by atoms with E-state index in [4.69, 9.17) is 0 Å². The van der Waals surface area contributed by atoms with Crippen LogP contribution in [0.1, 0.15) is 28.2 Å². The molecular weight excluding hydrogens is 275 g/mol. The summed E-state index contributed by atoms with van der Waals surface area (Å²) in [5.74, 6) is 0.127. The van der Waals surface area contributed by atoms with Gasteiger partial charge in [-0.05, 0) is 35.9 Å². The zero-order valence-electron chi connectivity index (χ0n) is 11.7. The maximum Gasteiger partial charge on any atom is 0.416 e. The summed E-state index contributed by atoms with van der Waals surface area (Å²) < 4.78 is 38.0. The van der Waals surface area contributed by atoms with Crippen LogP contribution in [-0.4, -0.2) is 18.5 Å². The van der Waals surface area contributed by atoms with Crippen LogP contribution < -0.4 is 0 Å². The molecule has 0 bridgehead atoms. The molecule has 21 heavy (non-hydrogen) atoms. The first kappa shape index (κ1) is 14.1. The predicted molar refractivity (Wildman–Crippen MR) is 76.1 cm³/mol. The molecule has 110 valence electrons. The minimum absolute atomic E-state index is 0.127. The molecule has 0 spiro atoms. The van der Waals surface area contributed by atoms with Gasteiger partial charge in [0.2, 0.25) is 0 Å². The monoisotopic (exact) mass is 291 g/mol. The summed E-state index contributed by atoms with van der Waals surface area (Å²) in [7, 11) is 2.03. The van der Waals surface area contributed by atoms with Gasteiger partial charge in [-0.2, -0.15) is 13.2 Å². The lowest BCUT2D eigenvalue weighted by atomic mass is 9.84. The van der Waals surface area contributed by atoms with Crippen LogP contribution in [0.15, 0.2) is 48.5 Å². The van der Waals surface area contributed by atoms with Crippen LogP contribution in [0.3, 0.4) is 0 Å². The van der Waals surface area contributed by atoms with Gasteiger partial charge in [0.05, 0.1) is 5.56 Å². The van der Waals surface area contributed by atoms with E-state index in [1.807, 2.05) is 19.2 Å². The molecule has 0 amide bonds. The Labute approximate surface area is 122 Å². The van der Waals surface area contributed by atoms with E-state index in [1.54, 1.807) is 12.1 Å². The Balaban J connectivity index is 1.97. The number of benzene rings is 2. The summed E-state index contributed by atoms with van der Waals surface area (Å²) in [5.41, 5.74) is 2.80. The van der Waals surface area contributed by atoms with Crippen molar-refractivity contribution in [1.82, 2.24) is 4.90 Å². The van der Waals surface area contributed by atoms with E-state index in [0.29, 0.717) is 0 Å². The Morgan fingerprint density at radius 3 is 2.33 bits per heavy atom. The van der Waals surface area contributed by atoms with E-state index in [9.17, 15) is 13.2 Å². The first-order chi connectivity index (χ1) is 9.95. The second-order valence-corrected chi connectivity index (χ2v) is 5.57. The number of hydrogen-bond donors (Lipinski definition) is 0. The van der Waals surface area contributed by atoms with E-state index < -0.39 is 11.7 Å². The average molecular weight is 291 g/mol. The zero-order valence-corrected chi connectivity index (χ0v) is 11.7. The molecule has 1 unspecified atom stereocenters.